The van der Waals surface area contributed by atoms with E-state index in [0.717, 1.165) is 23.9 Å². The highest BCUT2D eigenvalue weighted by molar-refractivity contribution is 7.13. The quantitative estimate of drug-likeness (QED) is 0.757. The first-order chi connectivity index (χ1) is 7.45. The van der Waals surface area contributed by atoms with E-state index in [-0.39, 0.29) is 0 Å². The van der Waals surface area contributed by atoms with E-state index >= 15 is 0 Å². The van der Waals surface area contributed by atoms with Gasteiger partial charge < -0.3 is 10.6 Å². The van der Waals surface area contributed by atoms with Gasteiger partial charge in [0, 0.05) is 18.8 Å². The van der Waals surface area contributed by atoms with E-state index in [1.54, 1.807) is 5.51 Å². The van der Waals surface area contributed by atoms with Crippen molar-refractivity contribution in [2.24, 2.45) is 0 Å². The van der Waals surface area contributed by atoms with Gasteiger partial charge in [-0.3, -0.25) is 0 Å². The zero-order valence-electron chi connectivity index (χ0n) is 8.18. The van der Waals surface area contributed by atoms with Crippen molar-refractivity contribution in [1.29, 1.82) is 0 Å². The zero-order valence-corrected chi connectivity index (χ0v) is 9.00. The maximum absolute atomic E-state index is 3.89. The van der Waals surface area contributed by atoms with E-state index in [9.17, 15) is 0 Å². The highest BCUT2D eigenvalue weighted by Crippen LogP contribution is 2.07. The van der Waals surface area contributed by atoms with Crippen molar-refractivity contribution in [1.82, 2.24) is 10.2 Å². The van der Waals surface area contributed by atoms with Crippen LogP contribution in [0, 0.1) is 0 Å². The smallest absolute Gasteiger partial charge is 0.205 e. The number of anilines is 2. The third-order valence-corrected chi connectivity index (χ3v) is 2.51. The average molecular weight is 220 g/mol. The lowest BCUT2D eigenvalue weighted by Gasteiger charge is -2.05. The summed E-state index contributed by atoms with van der Waals surface area (Å²) in [7, 11) is 0. The Morgan fingerprint density at radius 1 is 1.07 bits per heavy atom. The van der Waals surface area contributed by atoms with Gasteiger partial charge in [-0.2, -0.15) is 0 Å². The topological polar surface area (TPSA) is 49.8 Å². The fourth-order valence-electron chi connectivity index (χ4n) is 1.18. The predicted molar refractivity (Wildman–Crippen MR) is 63.3 cm³/mol. The van der Waals surface area contributed by atoms with Crippen LogP contribution in [-0.2, 0) is 0 Å². The molecule has 0 saturated heterocycles. The molecule has 5 heteroatoms. The van der Waals surface area contributed by atoms with Gasteiger partial charge in [-0.1, -0.05) is 29.5 Å². The standard InChI is InChI=1S/C10H12N4S/c1-2-4-9(5-3-1)11-6-7-12-10-14-13-8-15-10/h1-5,8,11H,6-7H2,(H,12,14). The minimum Gasteiger partial charge on any atom is -0.383 e. The molecule has 1 heterocycles. The van der Waals surface area contributed by atoms with E-state index < -0.39 is 0 Å². The summed E-state index contributed by atoms with van der Waals surface area (Å²) < 4.78 is 0. The fourth-order valence-corrected chi connectivity index (χ4v) is 1.66. The van der Waals surface area contributed by atoms with Gasteiger partial charge in [-0.25, -0.2) is 0 Å². The van der Waals surface area contributed by atoms with E-state index in [2.05, 4.69) is 20.8 Å². The Morgan fingerprint density at radius 2 is 1.87 bits per heavy atom. The molecule has 15 heavy (non-hydrogen) atoms. The van der Waals surface area contributed by atoms with Gasteiger partial charge in [0.15, 0.2) is 0 Å². The zero-order chi connectivity index (χ0) is 10.3. The highest BCUT2D eigenvalue weighted by atomic mass is 32.1. The first-order valence-electron chi connectivity index (χ1n) is 4.74. The number of hydrogen-bond acceptors (Lipinski definition) is 5. The molecule has 1 aromatic carbocycles. The van der Waals surface area contributed by atoms with Crippen molar-refractivity contribution in [2.45, 2.75) is 0 Å². The molecule has 4 nitrogen and oxygen atoms in total. The molecule has 0 amide bonds. The Kier molecular flexibility index (Phi) is 3.51. The fraction of sp³-hybridized carbons (Fsp3) is 0.200. The summed E-state index contributed by atoms with van der Waals surface area (Å²) in [5.74, 6) is 0. The molecule has 0 atom stereocenters. The molecule has 0 aliphatic rings. The second-order valence-corrected chi connectivity index (χ2v) is 3.80. The second kappa shape index (κ2) is 5.31. The number of nitrogens with one attached hydrogen (secondary N) is 2. The monoisotopic (exact) mass is 220 g/mol. The maximum atomic E-state index is 3.89. The van der Waals surface area contributed by atoms with Gasteiger partial charge in [-0.05, 0) is 12.1 Å². The number of rotatable bonds is 5. The molecule has 2 aromatic rings. The lowest BCUT2D eigenvalue weighted by Crippen LogP contribution is -2.13. The average Bonchev–Trinajstić information content (AvgIpc) is 2.79. The van der Waals surface area contributed by atoms with E-state index in [1.807, 2.05) is 30.3 Å². The van der Waals surface area contributed by atoms with Crippen LogP contribution in [0.5, 0.6) is 0 Å². The van der Waals surface area contributed by atoms with Crippen molar-refractivity contribution in [3.63, 3.8) is 0 Å². The Morgan fingerprint density at radius 3 is 2.60 bits per heavy atom. The molecule has 2 rings (SSSR count). The molecular formula is C10H12N4S. The predicted octanol–water partition coefficient (Wildman–Crippen LogP) is 2.06. The van der Waals surface area contributed by atoms with E-state index in [1.165, 1.54) is 11.3 Å². The molecule has 0 radical (unpaired) electrons. The van der Waals surface area contributed by atoms with Gasteiger partial charge in [-0.15, -0.1) is 10.2 Å². The van der Waals surface area contributed by atoms with Gasteiger partial charge >= 0.3 is 0 Å². The molecule has 0 unspecified atom stereocenters. The van der Waals surface area contributed by atoms with Crippen LogP contribution in [0.2, 0.25) is 0 Å². The van der Waals surface area contributed by atoms with Crippen LogP contribution in [0.4, 0.5) is 10.8 Å². The molecule has 0 saturated carbocycles. The number of hydrogen-bond donors (Lipinski definition) is 2. The van der Waals surface area contributed by atoms with Crippen molar-refractivity contribution < 1.29 is 0 Å². The summed E-state index contributed by atoms with van der Waals surface area (Å²) in [4.78, 5) is 0. The van der Waals surface area contributed by atoms with Crippen LogP contribution >= 0.6 is 11.3 Å². The van der Waals surface area contributed by atoms with Crippen LogP contribution in [-0.4, -0.2) is 23.3 Å². The summed E-state index contributed by atoms with van der Waals surface area (Å²) in [5.41, 5.74) is 2.85. The van der Waals surface area contributed by atoms with Gasteiger partial charge in [0.25, 0.3) is 0 Å². The summed E-state index contributed by atoms with van der Waals surface area (Å²) in [5, 5.41) is 15.0. The first-order valence-corrected chi connectivity index (χ1v) is 5.62. The van der Waals surface area contributed by atoms with Crippen LogP contribution < -0.4 is 10.6 Å². The Bertz CT molecular complexity index is 374. The third kappa shape index (κ3) is 3.21. The normalized spacial score (nSPS) is 9.87. The van der Waals surface area contributed by atoms with Gasteiger partial charge in [0.1, 0.15) is 5.51 Å². The Balaban J connectivity index is 1.68. The number of aromatic nitrogens is 2. The molecule has 0 bridgehead atoms. The lowest BCUT2D eigenvalue weighted by atomic mass is 10.3. The number of para-hydroxylation sites is 1. The minimum absolute atomic E-state index is 0.837. The maximum Gasteiger partial charge on any atom is 0.205 e. The second-order valence-electron chi connectivity index (χ2n) is 2.96. The van der Waals surface area contributed by atoms with Crippen LogP contribution in [0.3, 0.4) is 0 Å². The summed E-state index contributed by atoms with van der Waals surface area (Å²) in [6.45, 7) is 1.70. The van der Waals surface area contributed by atoms with Gasteiger partial charge in [0.05, 0.1) is 0 Å². The van der Waals surface area contributed by atoms with Crippen LogP contribution in [0.25, 0.3) is 0 Å². The number of benzene rings is 1. The molecular weight excluding hydrogens is 208 g/mol. The molecule has 0 fully saturated rings. The van der Waals surface area contributed by atoms with Crippen LogP contribution in [0.1, 0.15) is 0 Å². The molecule has 0 spiro atoms. The molecule has 2 N–H and O–H groups in total. The van der Waals surface area contributed by atoms with E-state index in [4.69, 9.17) is 0 Å². The lowest BCUT2D eigenvalue weighted by molar-refractivity contribution is 1.03. The van der Waals surface area contributed by atoms with Crippen LogP contribution in [0.15, 0.2) is 35.8 Å². The number of nitrogens with zero attached hydrogens (tertiary/aromatic N) is 2. The summed E-state index contributed by atoms with van der Waals surface area (Å²) in [6.07, 6.45) is 0. The molecule has 78 valence electrons. The molecule has 0 aliphatic carbocycles. The summed E-state index contributed by atoms with van der Waals surface area (Å²) in [6, 6.07) is 10.1. The van der Waals surface area contributed by atoms with Crippen molar-refractivity contribution in [3.8, 4) is 0 Å². The van der Waals surface area contributed by atoms with Crippen molar-refractivity contribution in [2.75, 3.05) is 23.7 Å². The van der Waals surface area contributed by atoms with Crippen molar-refractivity contribution >= 4 is 22.2 Å². The Hall–Kier alpha value is -1.62. The SMILES string of the molecule is c1ccc(NCCNc2nncs2)cc1. The molecule has 0 aliphatic heterocycles. The van der Waals surface area contributed by atoms with Gasteiger partial charge in [0.2, 0.25) is 5.13 Å². The molecule has 1 aromatic heterocycles. The Labute approximate surface area is 92.4 Å². The minimum atomic E-state index is 0.837. The first kappa shape index (κ1) is 9.92. The van der Waals surface area contributed by atoms with Crippen molar-refractivity contribution in [3.05, 3.63) is 35.8 Å². The largest absolute Gasteiger partial charge is 0.383 e. The van der Waals surface area contributed by atoms with E-state index in [0.29, 0.717) is 0 Å². The third-order valence-electron chi connectivity index (χ3n) is 1.86. The highest BCUT2D eigenvalue weighted by Gasteiger charge is 1.93. The summed E-state index contributed by atoms with van der Waals surface area (Å²) >= 11 is 1.51.